The molecule has 1 aromatic carbocycles. The predicted molar refractivity (Wildman–Crippen MR) is 58.2 cm³/mol. The molecular formula is C11H12N4. The van der Waals surface area contributed by atoms with Gasteiger partial charge < -0.3 is 5.32 Å². The van der Waals surface area contributed by atoms with Crippen LogP contribution in [0.3, 0.4) is 0 Å². The fourth-order valence-corrected chi connectivity index (χ4v) is 1.94. The Kier molecular flexibility index (Phi) is 1.91. The average Bonchev–Trinajstić information content (AvgIpc) is 2.82. The molecule has 0 amide bonds. The molecule has 0 fully saturated rings. The number of aromatic nitrogens is 3. The smallest absolute Gasteiger partial charge is 0.0697 e. The number of rotatable bonds is 1. The van der Waals surface area contributed by atoms with Crippen LogP contribution in [0.25, 0.3) is 5.69 Å². The minimum Gasteiger partial charge on any atom is -0.385 e. The number of nitrogens with zero attached hydrogens (tertiary/aromatic N) is 3. The Bertz CT molecular complexity index is 461. The second-order valence-corrected chi connectivity index (χ2v) is 3.72. The van der Waals surface area contributed by atoms with Crippen LogP contribution >= 0.6 is 0 Å². The quantitative estimate of drug-likeness (QED) is 0.760. The number of aryl methyl sites for hydroxylation is 1. The molecule has 15 heavy (non-hydrogen) atoms. The Morgan fingerprint density at radius 1 is 1.33 bits per heavy atom. The van der Waals surface area contributed by atoms with E-state index < -0.39 is 0 Å². The topological polar surface area (TPSA) is 42.7 Å². The van der Waals surface area contributed by atoms with Crippen molar-refractivity contribution in [2.45, 2.75) is 12.8 Å². The molecule has 1 aliphatic rings. The molecule has 0 aliphatic carbocycles. The molecule has 1 aromatic heterocycles. The van der Waals surface area contributed by atoms with Crippen molar-refractivity contribution in [2.24, 2.45) is 0 Å². The molecule has 0 unspecified atom stereocenters. The first-order valence-electron chi connectivity index (χ1n) is 5.17. The molecule has 0 atom stereocenters. The fraction of sp³-hybridized carbons (Fsp3) is 0.273. The predicted octanol–water partition coefficient (Wildman–Crippen LogP) is 1.63. The van der Waals surface area contributed by atoms with E-state index in [0.29, 0.717) is 0 Å². The van der Waals surface area contributed by atoms with E-state index in [-0.39, 0.29) is 0 Å². The summed E-state index contributed by atoms with van der Waals surface area (Å²) in [7, 11) is 0. The molecule has 3 rings (SSSR count). The Labute approximate surface area is 87.9 Å². The van der Waals surface area contributed by atoms with E-state index in [9.17, 15) is 0 Å². The summed E-state index contributed by atoms with van der Waals surface area (Å²) in [5.74, 6) is 0. The molecule has 1 N–H and O–H groups in total. The number of hydrogen-bond acceptors (Lipinski definition) is 3. The Balaban J connectivity index is 2.04. The van der Waals surface area contributed by atoms with Crippen LogP contribution in [0.2, 0.25) is 0 Å². The van der Waals surface area contributed by atoms with Crippen molar-refractivity contribution < 1.29 is 0 Å². The first-order chi connectivity index (χ1) is 7.43. The third kappa shape index (κ3) is 1.48. The summed E-state index contributed by atoms with van der Waals surface area (Å²) in [4.78, 5) is 0. The van der Waals surface area contributed by atoms with Gasteiger partial charge in [-0.2, -0.15) is 0 Å². The molecule has 0 spiro atoms. The van der Waals surface area contributed by atoms with Crippen molar-refractivity contribution in [2.75, 3.05) is 11.9 Å². The van der Waals surface area contributed by atoms with Crippen molar-refractivity contribution in [1.29, 1.82) is 0 Å². The van der Waals surface area contributed by atoms with Crippen molar-refractivity contribution >= 4 is 5.69 Å². The van der Waals surface area contributed by atoms with Crippen LogP contribution in [0, 0.1) is 0 Å². The highest BCUT2D eigenvalue weighted by molar-refractivity contribution is 5.58. The lowest BCUT2D eigenvalue weighted by Gasteiger charge is -2.18. The van der Waals surface area contributed by atoms with Gasteiger partial charge in [-0.3, -0.25) is 0 Å². The monoisotopic (exact) mass is 200 g/mol. The molecular weight excluding hydrogens is 188 g/mol. The lowest BCUT2D eigenvalue weighted by molar-refractivity contribution is 0.795. The van der Waals surface area contributed by atoms with Gasteiger partial charge in [-0.15, -0.1) is 5.10 Å². The zero-order chi connectivity index (χ0) is 10.1. The Morgan fingerprint density at radius 3 is 3.20 bits per heavy atom. The number of nitrogens with one attached hydrogen (secondary N) is 1. The summed E-state index contributed by atoms with van der Waals surface area (Å²) in [6.45, 7) is 1.06. The van der Waals surface area contributed by atoms with E-state index in [2.05, 4.69) is 33.8 Å². The van der Waals surface area contributed by atoms with Crippen LogP contribution in [0.4, 0.5) is 5.69 Å². The standard InChI is InChI=1S/C11H12N4/c1-2-9-3-4-10(8-11(9)12-5-1)15-7-6-13-14-15/h3-4,6-8,12H,1-2,5H2. The van der Waals surface area contributed by atoms with Gasteiger partial charge in [0.15, 0.2) is 0 Å². The van der Waals surface area contributed by atoms with Crippen molar-refractivity contribution in [3.63, 3.8) is 0 Å². The van der Waals surface area contributed by atoms with Crippen LogP contribution in [0.5, 0.6) is 0 Å². The molecule has 0 bridgehead atoms. The van der Waals surface area contributed by atoms with Crippen LogP contribution in [0.1, 0.15) is 12.0 Å². The van der Waals surface area contributed by atoms with Gasteiger partial charge in [0.2, 0.25) is 0 Å². The van der Waals surface area contributed by atoms with Gasteiger partial charge in [0.05, 0.1) is 18.1 Å². The molecule has 4 heteroatoms. The molecule has 4 nitrogen and oxygen atoms in total. The summed E-state index contributed by atoms with van der Waals surface area (Å²) in [6.07, 6.45) is 5.92. The molecule has 0 saturated carbocycles. The molecule has 2 heterocycles. The number of hydrogen-bond donors (Lipinski definition) is 1. The van der Waals surface area contributed by atoms with Gasteiger partial charge in [-0.1, -0.05) is 11.3 Å². The largest absolute Gasteiger partial charge is 0.385 e. The van der Waals surface area contributed by atoms with Crippen LogP contribution in [-0.4, -0.2) is 21.5 Å². The van der Waals surface area contributed by atoms with E-state index in [1.807, 2.05) is 6.20 Å². The lowest BCUT2D eigenvalue weighted by atomic mass is 10.0. The third-order valence-electron chi connectivity index (χ3n) is 2.72. The van der Waals surface area contributed by atoms with Crippen LogP contribution in [0.15, 0.2) is 30.6 Å². The highest BCUT2D eigenvalue weighted by Gasteiger charge is 2.09. The Hall–Kier alpha value is -1.84. The lowest BCUT2D eigenvalue weighted by Crippen LogP contribution is -2.12. The van der Waals surface area contributed by atoms with E-state index >= 15 is 0 Å². The maximum Gasteiger partial charge on any atom is 0.0697 e. The zero-order valence-electron chi connectivity index (χ0n) is 8.35. The SMILES string of the molecule is c1cn(-c2ccc3c(c2)NCCC3)nn1. The van der Waals surface area contributed by atoms with Crippen molar-refractivity contribution in [3.05, 3.63) is 36.2 Å². The second-order valence-electron chi connectivity index (χ2n) is 3.72. The summed E-state index contributed by atoms with van der Waals surface area (Å²) >= 11 is 0. The van der Waals surface area contributed by atoms with E-state index in [1.165, 1.54) is 24.1 Å². The first-order valence-corrected chi connectivity index (χ1v) is 5.17. The zero-order valence-corrected chi connectivity index (χ0v) is 8.35. The molecule has 1 aliphatic heterocycles. The van der Waals surface area contributed by atoms with E-state index in [0.717, 1.165) is 12.2 Å². The summed E-state index contributed by atoms with van der Waals surface area (Å²) in [6, 6.07) is 6.38. The van der Waals surface area contributed by atoms with Gasteiger partial charge in [0, 0.05) is 12.2 Å². The van der Waals surface area contributed by atoms with E-state index in [1.54, 1.807) is 10.9 Å². The highest BCUT2D eigenvalue weighted by Crippen LogP contribution is 2.24. The second kappa shape index (κ2) is 3.38. The summed E-state index contributed by atoms with van der Waals surface area (Å²) < 4.78 is 1.77. The number of anilines is 1. The number of benzene rings is 1. The fourth-order valence-electron chi connectivity index (χ4n) is 1.94. The molecule has 2 aromatic rings. The van der Waals surface area contributed by atoms with Crippen LogP contribution < -0.4 is 5.32 Å². The minimum atomic E-state index is 1.06. The molecule has 0 saturated heterocycles. The first kappa shape index (κ1) is 8.47. The van der Waals surface area contributed by atoms with Crippen molar-refractivity contribution in [3.8, 4) is 5.69 Å². The van der Waals surface area contributed by atoms with Gasteiger partial charge >= 0.3 is 0 Å². The average molecular weight is 200 g/mol. The molecule has 0 radical (unpaired) electrons. The maximum atomic E-state index is 3.97. The van der Waals surface area contributed by atoms with Gasteiger partial charge in [-0.05, 0) is 30.5 Å². The van der Waals surface area contributed by atoms with Gasteiger partial charge in [0.1, 0.15) is 0 Å². The third-order valence-corrected chi connectivity index (χ3v) is 2.72. The van der Waals surface area contributed by atoms with Crippen LogP contribution in [-0.2, 0) is 6.42 Å². The maximum absolute atomic E-state index is 3.97. The minimum absolute atomic E-state index is 1.06. The van der Waals surface area contributed by atoms with Crippen molar-refractivity contribution in [1.82, 2.24) is 15.0 Å². The highest BCUT2D eigenvalue weighted by atomic mass is 15.4. The summed E-state index contributed by atoms with van der Waals surface area (Å²) in [5, 5.41) is 11.2. The van der Waals surface area contributed by atoms with Gasteiger partial charge in [-0.25, -0.2) is 4.68 Å². The Morgan fingerprint density at radius 2 is 2.33 bits per heavy atom. The van der Waals surface area contributed by atoms with Gasteiger partial charge in [0.25, 0.3) is 0 Å². The normalized spacial score (nSPS) is 14.4. The number of fused-ring (bicyclic) bond motifs is 1. The molecule has 76 valence electrons. The summed E-state index contributed by atoms with van der Waals surface area (Å²) in [5.41, 5.74) is 3.68. The van der Waals surface area contributed by atoms with E-state index in [4.69, 9.17) is 0 Å².